The molecule has 2 atom stereocenters. The summed E-state index contributed by atoms with van der Waals surface area (Å²) in [6.07, 6.45) is 3.82. The van der Waals surface area contributed by atoms with Gasteiger partial charge in [0.15, 0.2) is 0 Å². The summed E-state index contributed by atoms with van der Waals surface area (Å²) in [5, 5.41) is 3.55. The Hall–Kier alpha value is -0.380. The second-order valence-corrected chi connectivity index (χ2v) is 6.58. The van der Waals surface area contributed by atoms with Crippen LogP contribution in [0, 0.1) is 5.92 Å². The Bertz CT molecular complexity index is 433. The van der Waals surface area contributed by atoms with Gasteiger partial charge in [-0.15, -0.1) is 0 Å². The van der Waals surface area contributed by atoms with Crippen LogP contribution in [0.15, 0.2) is 22.7 Å². The van der Waals surface area contributed by atoms with Crippen molar-refractivity contribution in [2.45, 2.75) is 25.3 Å². The average Bonchev–Trinajstić information content (AvgIpc) is 2.39. The Kier molecular flexibility index (Phi) is 3.73. The monoisotopic (exact) mass is 308 g/mol. The van der Waals surface area contributed by atoms with Crippen molar-refractivity contribution in [2.75, 3.05) is 26.7 Å². The van der Waals surface area contributed by atoms with E-state index in [1.807, 2.05) is 0 Å². The molecule has 1 heterocycles. The molecule has 18 heavy (non-hydrogen) atoms. The number of nitrogens with one attached hydrogen (secondary N) is 1. The van der Waals surface area contributed by atoms with Crippen molar-refractivity contribution in [1.29, 1.82) is 0 Å². The molecule has 3 heteroatoms. The Morgan fingerprint density at radius 2 is 2.22 bits per heavy atom. The predicted molar refractivity (Wildman–Crippen MR) is 78.9 cm³/mol. The van der Waals surface area contributed by atoms with Gasteiger partial charge in [-0.1, -0.05) is 22.0 Å². The van der Waals surface area contributed by atoms with Crippen LogP contribution in [0.2, 0.25) is 0 Å². The second-order valence-electron chi connectivity index (χ2n) is 5.67. The first-order chi connectivity index (χ1) is 8.74. The smallest absolute Gasteiger partial charge is 0.0249 e. The van der Waals surface area contributed by atoms with Gasteiger partial charge < -0.3 is 10.2 Å². The molecule has 1 aliphatic heterocycles. The van der Waals surface area contributed by atoms with E-state index in [4.69, 9.17) is 0 Å². The van der Waals surface area contributed by atoms with Gasteiger partial charge in [-0.2, -0.15) is 0 Å². The number of halogens is 1. The molecule has 0 spiro atoms. The fourth-order valence-corrected chi connectivity index (χ4v) is 3.84. The van der Waals surface area contributed by atoms with Gasteiger partial charge >= 0.3 is 0 Å². The Morgan fingerprint density at radius 1 is 1.33 bits per heavy atom. The van der Waals surface area contributed by atoms with E-state index in [1.54, 1.807) is 11.1 Å². The first-order valence-corrected chi connectivity index (χ1v) is 7.71. The Labute approximate surface area is 118 Å². The van der Waals surface area contributed by atoms with E-state index in [-0.39, 0.29) is 0 Å². The molecule has 1 aromatic rings. The number of aryl methyl sites for hydroxylation is 1. The molecule has 1 aromatic carbocycles. The zero-order chi connectivity index (χ0) is 12.5. The maximum Gasteiger partial charge on any atom is 0.0249 e. The topological polar surface area (TPSA) is 15.3 Å². The van der Waals surface area contributed by atoms with Crippen molar-refractivity contribution < 1.29 is 0 Å². The average molecular weight is 309 g/mol. The third-order valence-electron chi connectivity index (χ3n) is 4.54. The molecule has 0 radical (unpaired) electrons. The standard InChI is InChI=1S/C15H21BrN2/c1-18-7-6-17-10-15(18)13-3-2-12-9-14(16)5-4-11(12)8-13/h4-5,9,13,15,17H,2-3,6-8,10H2,1H3. The predicted octanol–water partition coefficient (Wildman–Crippen LogP) is 2.46. The molecule has 2 unspecified atom stereocenters. The summed E-state index contributed by atoms with van der Waals surface area (Å²) in [5.41, 5.74) is 3.11. The zero-order valence-electron chi connectivity index (χ0n) is 11.0. The van der Waals surface area contributed by atoms with Gasteiger partial charge in [-0.05, 0) is 55.5 Å². The van der Waals surface area contributed by atoms with E-state index in [9.17, 15) is 0 Å². The van der Waals surface area contributed by atoms with E-state index >= 15 is 0 Å². The summed E-state index contributed by atoms with van der Waals surface area (Å²) in [6, 6.07) is 7.51. The van der Waals surface area contributed by atoms with Crippen LogP contribution in [0.3, 0.4) is 0 Å². The fraction of sp³-hybridized carbons (Fsp3) is 0.600. The molecule has 1 aliphatic carbocycles. The lowest BCUT2D eigenvalue weighted by Gasteiger charge is -2.40. The molecular weight excluding hydrogens is 288 g/mol. The summed E-state index contributed by atoms with van der Waals surface area (Å²) < 4.78 is 1.22. The van der Waals surface area contributed by atoms with Gasteiger partial charge in [0.25, 0.3) is 0 Å². The summed E-state index contributed by atoms with van der Waals surface area (Å²) in [6.45, 7) is 3.49. The van der Waals surface area contributed by atoms with E-state index in [2.05, 4.69) is 51.4 Å². The van der Waals surface area contributed by atoms with Gasteiger partial charge in [0.2, 0.25) is 0 Å². The Balaban J connectivity index is 1.76. The lowest BCUT2D eigenvalue weighted by Crippen LogP contribution is -2.53. The molecule has 1 fully saturated rings. The highest BCUT2D eigenvalue weighted by Crippen LogP contribution is 2.31. The highest BCUT2D eigenvalue weighted by atomic mass is 79.9. The van der Waals surface area contributed by atoms with Gasteiger partial charge in [0, 0.05) is 30.1 Å². The number of likely N-dealkylation sites (N-methyl/N-ethyl adjacent to an activating group) is 1. The van der Waals surface area contributed by atoms with E-state index < -0.39 is 0 Å². The molecule has 3 rings (SSSR count). The summed E-state index contributed by atoms with van der Waals surface area (Å²) in [5.74, 6) is 0.816. The lowest BCUT2D eigenvalue weighted by atomic mass is 9.79. The van der Waals surface area contributed by atoms with Gasteiger partial charge in [0.05, 0.1) is 0 Å². The maximum atomic E-state index is 3.57. The Morgan fingerprint density at radius 3 is 3.06 bits per heavy atom. The maximum absolute atomic E-state index is 3.57. The minimum absolute atomic E-state index is 0.718. The van der Waals surface area contributed by atoms with Crippen molar-refractivity contribution in [3.05, 3.63) is 33.8 Å². The van der Waals surface area contributed by atoms with Crippen molar-refractivity contribution in [3.8, 4) is 0 Å². The molecule has 1 N–H and O–H groups in total. The second kappa shape index (κ2) is 5.32. The van der Waals surface area contributed by atoms with Crippen molar-refractivity contribution >= 4 is 15.9 Å². The molecule has 0 aromatic heterocycles. The number of fused-ring (bicyclic) bond motifs is 1. The van der Waals surface area contributed by atoms with Gasteiger partial charge in [0.1, 0.15) is 0 Å². The highest BCUT2D eigenvalue weighted by Gasteiger charge is 2.30. The van der Waals surface area contributed by atoms with Crippen molar-refractivity contribution in [3.63, 3.8) is 0 Å². The number of hydrogen-bond acceptors (Lipinski definition) is 2. The van der Waals surface area contributed by atoms with Crippen LogP contribution < -0.4 is 5.32 Å². The lowest BCUT2D eigenvalue weighted by molar-refractivity contribution is 0.133. The fourth-order valence-electron chi connectivity index (χ4n) is 3.43. The number of rotatable bonds is 1. The molecule has 0 amide bonds. The molecule has 98 valence electrons. The van der Waals surface area contributed by atoms with Crippen molar-refractivity contribution in [1.82, 2.24) is 10.2 Å². The molecule has 0 saturated carbocycles. The summed E-state index contributed by atoms with van der Waals surface area (Å²) in [7, 11) is 2.28. The van der Waals surface area contributed by atoms with Crippen LogP contribution in [0.1, 0.15) is 17.5 Å². The van der Waals surface area contributed by atoms with E-state index in [0.717, 1.165) is 25.0 Å². The third-order valence-corrected chi connectivity index (χ3v) is 5.03. The minimum Gasteiger partial charge on any atom is -0.314 e. The highest BCUT2D eigenvalue weighted by molar-refractivity contribution is 9.10. The van der Waals surface area contributed by atoms with Gasteiger partial charge in [-0.25, -0.2) is 0 Å². The van der Waals surface area contributed by atoms with E-state index in [1.165, 1.54) is 30.3 Å². The van der Waals surface area contributed by atoms with Gasteiger partial charge in [-0.3, -0.25) is 0 Å². The van der Waals surface area contributed by atoms with Crippen molar-refractivity contribution in [2.24, 2.45) is 5.92 Å². The van der Waals surface area contributed by atoms with Crippen LogP contribution in [-0.2, 0) is 12.8 Å². The molecule has 2 nitrogen and oxygen atoms in total. The first-order valence-electron chi connectivity index (χ1n) is 6.92. The van der Waals surface area contributed by atoms with Crippen LogP contribution in [-0.4, -0.2) is 37.6 Å². The summed E-state index contributed by atoms with van der Waals surface area (Å²) in [4.78, 5) is 2.55. The normalized spacial score (nSPS) is 29.0. The number of nitrogens with zero attached hydrogens (tertiary/aromatic N) is 1. The van der Waals surface area contributed by atoms with Crippen LogP contribution >= 0.6 is 15.9 Å². The number of piperazine rings is 1. The zero-order valence-corrected chi connectivity index (χ0v) is 12.5. The molecule has 2 aliphatic rings. The molecule has 1 saturated heterocycles. The quantitative estimate of drug-likeness (QED) is 0.857. The first kappa shape index (κ1) is 12.6. The summed E-state index contributed by atoms with van der Waals surface area (Å²) >= 11 is 3.57. The van der Waals surface area contributed by atoms with Crippen LogP contribution in [0.4, 0.5) is 0 Å². The third kappa shape index (κ3) is 2.49. The van der Waals surface area contributed by atoms with E-state index in [0.29, 0.717) is 0 Å². The number of hydrogen-bond donors (Lipinski definition) is 1. The largest absolute Gasteiger partial charge is 0.314 e. The molecular formula is C15H21BrN2. The van der Waals surface area contributed by atoms with Crippen LogP contribution in [0.5, 0.6) is 0 Å². The number of benzene rings is 1. The SMILES string of the molecule is CN1CCNCC1C1CCc2cc(Br)ccc2C1. The minimum atomic E-state index is 0.718. The van der Waals surface area contributed by atoms with Crippen LogP contribution in [0.25, 0.3) is 0 Å². The molecule has 0 bridgehead atoms.